The van der Waals surface area contributed by atoms with Crippen LogP contribution in [0.5, 0.6) is 28.7 Å². The Labute approximate surface area is 258 Å². The van der Waals surface area contributed by atoms with E-state index in [0.717, 1.165) is 24.0 Å². The minimum atomic E-state index is -1.01. The van der Waals surface area contributed by atoms with Crippen LogP contribution in [0, 0.1) is 0 Å². The van der Waals surface area contributed by atoms with Crippen LogP contribution in [0.4, 0.5) is 5.13 Å². The number of Topliss-reactive ketones (excluding diaryl/α,β-unsaturated/α-hetero) is 1. The van der Waals surface area contributed by atoms with Crippen LogP contribution in [-0.4, -0.2) is 55.8 Å². The summed E-state index contributed by atoms with van der Waals surface area (Å²) in [5, 5.41) is 12.0. The largest absolute Gasteiger partial charge is 0.507 e. The summed E-state index contributed by atoms with van der Waals surface area (Å²) in [5.74, 6) is 0.628. The lowest BCUT2D eigenvalue weighted by molar-refractivity contribution is -0.132. The number of carbonyl (C=O) groups is 2. The number of ketones is 1. The Morgan fingerprint density at radius 1 is 0.977 bits per heavy atom. The number of hydrogen-bond donors (Lipinski definition) is 1. The highest BCUT2D eigenvalue weighted by Crippen LogP contribution is 2.46. The molecule has 0 bridgehead atoms. The van der Waals surface area contributed by atoms with Gasteiger partial charge in [-0.1, -0.05) is 37.2 Å². The number of amides is 1. The van der Waals surface area contributed by atoms with Crippen LogP contribution in [0.1, 0.15) is 43.4 Å². The number of nitrogens with zero attached hydrogens (tertiary/aromatic N) is 2. The number of thiazole rings is 1. The average Bonchev–Trinajstić information content (AvgIpc) is 3.59. The molecule has 2 aliphatic heterocycles. The summed E-state index contributed by atoms with van der Waals surface area (Å²) >= 11 is 1.25. The van der Waals surface area contributed by atoms with Gasteiger partial charge in [0.2, 0.25) is 0 Å². The first-order valence-electron chi connectivity index (χ1n) is 14.4. The number of ether oxygens (including phenoxy) is 5. The van der Waals surface area contributed by atoms with Gasteiger partial charge in [0.25, 0.3) is 5.78 Å². The van der Waals surface area contributed by atoms with Gasteiger partial charge in [-0.05, 0) is 60.5 Å². The molecule has 3 aromatic carbocycles. The summed E-state index contributed by atoms with van der Waals surface area (Å²) in [4.78, 5) is 33.5. The smallest absolute Gasteiger partial charge is 0.301 e. The number of carbonyl (C=O) groups excluding carboxylic acids is 2. The van der Waals surface area contributed by atoms with Gasteiger partial charge in [-0.2, -0.15) is 0 Å². The fraction of sp³-hybridized carbons (Fsp3) is 0.303. The number of anilines is 1. The van der Waals surface area contributed by atoms with Crippen molar-refractivity contribution in [2.24, 2.45) is 0 Å². The van der Waals surface area contributed by atoms with Gasteiger partial charge in [-0.25, -0.2) is 4.98 Å². The zero-order chi connectivity index (χ0) is 30.8. The molecule has 10 nitrogen and oxygen atoms in total. The Bertz CT molecular complexity index is 1760. The Balaban J connectivity index is 1.48. The standard InChI is InChI=1S/C33H32N2O8S/c1-4-5-6-13-41-23-11-7-19(16-25(23)40-3)29-28(30(36)20-8-12-24-26(17-20)43-15-14-42-24)31(37)32(38)35(29)33-34-22-10-9-21(39-2)18-27(22)44-33/h7-12,16-18,29,36H,4-6,13-15H2,1-3H3/b30-28+/t29-/m0/s1. The fourth-order valence-corrected chi connectivity index (χ4v) is 6.34. The predicted octanol–water partition coefficient (Wildman–Crippen LogP) is 6.28. The summed E-state index contributed by atoms with van der Waals surface area (Å²) in [5.41, 5.74) is 1.42. The SMILES string of the molecule is CCCCCOc1ccc([C@H]2/C(=C(\O)c3ccc4c(c3)OCCO4)C(=O)C(=O)N2c2nc3ccc(OC)cc3s2)cc1OC. The highest BCUT2D eigenvalue weighted by atomic mass is 32.1. The highest BCUT2D eigenvalue weighted by molar-refractivity contribution is 7.22. The molecule has 0 saturated carbocycles. The molecule has 6 rings (SSSR count). The second kappa shape index (κ2) is 12.5. The number of aliphatic hydroxyl groups excluding tert-OH is 1. The number of rotatable bonds is 10. The summed E-state index contributed by atoms with van der Waals surface area (Å²) in [6, 6.07) is 14.6. The third-order valence-electron chi connectivity index (χ3n) is 7.56. The van der Waals surface area contributed by atoms with Crippen LogP contribution in [0.2, 0.25) is 0 Å². The van der Waals surface area contributed by atoms with Crippen LogP contribution in [-0.2, 0) is 9.59 Å². The Kier molecular flexibility index (Phi) is 8.30. The topological polar surface area (TPSA) is 117 Å². The molecule has 1 atom stereocenters. The van der Waals surface area contributed by atoms with E-state index in [4.69, 9.17) is 28.7 Å². The quantitative estimate of drug-likeness (QED) is 0.0951. The molecule has 0 radical (unpaired) electrons. The first kappa shape index (κ1) is 29.3. The van der Waals surface area contributed by atoms with Gasteiger partial charge in [-0.3, -0.25) is 14.5 Å². The molecule has 1 fully saturated rings. The van der Waals surface area contributed by atoms with Gasteiger partial charge in [-0.15, -0.1) is 0 Å². The molecule has 44 heavy (non-hydrogen) atoms. The van der Waals surface area contributed by atoms with Gasteiger partial charge in [0, 0.05) is 5.56 Å². The summed E-state index contributed by atoms with van der Waals surface area (Å²) in [6.07, 6.45) is 3.02. The van der Waals surface area contributed by atoms with Crippen LogP contribution in [0.15, 0.2) is 60.2 Å². The molecule has 3 heterocycles. The van der Waals surface area contributed by atoms with Crippen molar-refractivity contribution in [1.82, 2.24) is 4.98 Å². The van der Waals surface area contributed by atoms with Crippen LogP contribution < -0.4 is 28.6 Å². The second-order valence-electron chi connectivity index (χ2n) is 10.3. The van der Waals surface area contributed by atoms with Gasteiger partial charge >= 0.3 is 5.91 Å². The van der Waals surface area contributed by atoms with E-state index >= 15 is 0 Å². The number of aliphatic hydroxyl groups is 1. The Morgan fingerprint density at radius 3 is 2.57 bits per heavy atom. The normalized spacial score (nSPS) is 17.2. The maximum Gasteiger partial charge on any atom is 0.301 e. The lowest BCUT2D eigenvalue weighted by Gasteiger charge is -2.24. The zero-order valence-corrected chi connectivity index (χ0v) is 25.4. The molecular formula is C33H32N2O8S. The third-order valence-corrected chi connectivity index (χ3v) is 8.58. The molecule has 228 valence electrons. The molecule has 1 saturated heterocycles. The van der Waals surface area contributed by atoms with Crippen molar-refractivity contribution in [2.75, 3.05) is 38.9 Å². The van der Waals surface area contributed by atoms with Crippen molar-refractivity contribution in [3.63, 3.8) is 0 Å². The maximum absolute atomic E-state index is 13.8. The maximum atomic E-state index is 13.8. The minimum Gasteiger partial charge on any atom is -0.507 e. The summed E-state index contributed by atoms with van der Waals surface area (Å²) < 4.78 is 29.1. The third kappa shape index (κ3) is 5.39. The van der Waals surface area contributed by atoms with Crippen molar-refractivity contribution in [3.05, 3.63) is 71.3 Å². The van der Waals surface area contributed by atoms with E-state index in [0.29, 0.717) is 70.3 Å². The van der Waals surface area contributed by atoms with E-state index < -0.39 is 17.7 Å². The number of fused-ring (bicyclic) bond motifs is 2. The van der Waals surface area contributed by atoms with Crippen molar-refractivity contribution in [2.45, 2.75) is 32.2 Å². The Hall–Kier alpha value is -4.77. The first-order chi connectivity index (χ1) is 21.4. The van der Waals surface area contributed by atoms with Gasteiger partial charge in [0.15, 0.2) is 28.1 Å². The predicted molar refractivity (Wildman–Crippen MR) is 166 cm³/mol. The number of aromatic nitrogens is 1. The summed E-state index contributed by atoms with van der Waals surface area (Å²) in [6.45, 7) is 3.42. The van der Waals surface area contributed by atoms with E-state index in [9.17, 15) is 14.7 Å². The number of hydrogen-bond acceptors (Lipinski definition) is 10. The van der Waals surface area contributed by atoms with Crippen molar-refractivity contribution in [3.8, 4) is 28.7 Å². The highest BCUT2D eigenvalue weighted by Gasteiger charge is 2.48. The first-order valence-corrected chi connectivity index (χ1v) is 15.2. The lowest BCUT2D eigenvalue weighted by atomic mass is 9.95. The van der Waals surface area contributed by atoms with E-state index in [1.165, 1.54) is 23.3 Å². The van der Waals surface area contributed by atoms with Gasteiger partial charge in [0.05, 0.1) is 42.7 Å². The molecule has 2 aliphatic rings. The van der Waals surface area contributed by atoms with Crippen molar-refractivity contribution >= 4 is 44.1 Å². The average molecular weight is 617 g/mol. The van der Waals surface area contributed by atoms with Crippen molar-refractivity contribution in [1.29, 1.82) is 0 Å². The monoisotopic (exact) mass is 616 g/mol. The molecule has 11 heteroatoms. The molecule has 0 aliphatic carbocycles. The van der Waals surface area contributed by atoms with Gasteiger partial charge in [0.1, 0.15) is 24.7 Å². The van der Waals surface area contributed by atoms with Crippen LogP contribution >= 0.6 is 11.3 Å². The molecule has 1 amide bonds. The molecule has 0 unspecified atom stereocenters. The van der Waals surface area contributed by atoms with Crippen LogP contribution in [0.3, 0.4) is 0 Å². The second-order valence-corrected chi connectivity index (χ2v) is 11.3. The van der Waals surface area contributed by atoms with E-state index in [2.05, 4.69) is 6.92 Å². The van der Waals surface area contributed by atoms with Gasteiger partial charge < -0.3 is 28.8 Å². The zero-order valence-electron chi connectivity index (χ0n) is 24.6. The van der Waals surface area contributed by atoms with E-state index in [-0.39, 0.29) is 11.3 Å². The Morgan fingerprint density at radius 2 is 1.80 bits per heavy atom. The van der Waals surface area contributed by atoms with E-state index in [1.54, 1.807) is 55.6 Å². The number of benzene rings is 3. The van der Waals surface area contributed by atoms with E-state index in [1.807, 2.05) is 6.07 Å². The molecule has 1 aromatic heterocycles. The number of methoxy groups -OCH3 is 2. The molecule has 4 aromatic rings. The molecule has 1 N–H and O–H groups in total. The van der Waals surface area contributed by atoms with Crippen molar-refractivity contribution < 1.29 is 38.4 Å². The molecular weight excluding hydrogens is 584 g/mol. The minimum absolute atomic E-state index is 0.0813. The molecule has 0 spiro atoms. The number of unbranched alkanes of at least 4 members (excludes halogenated alkanes) is 2. The lowest BCUT2D eigenvalue weighted by Crippen LogP contribution is -2.29. The fourth-order valence-electron chi connectivity index (χ4n) is 5.32. The summed E-state index contributed by atoms with van der Waals surface area (Å²) in [7, 11) is 3.11. The van der Waals surface area contributed by atoms with Crippen LogP contribution in [0.25, 0.3) is 16.0 Å².